The molecule has 1 saturated carbocycles. The van der Waals surface area contributed by atoms with Gasteiger partial charge in [0.2, 0.25) is 0 Å². The molecule has 0 radical (unpaired) electrons. The number of nitrogens with zero attached hydrogens (tertiary/aromatic N) is 2. The van der Waals surface area contributed by atoms with Crippen molar-refractivity contribution >= 4 is 5.96 Å². The second-order valence-electron chi connectivity index (χ2n) is 7.53. The van der Waals surface area contributed by atoms with Gasteiger partial charge in [-0.15, -0.1) is 0 Å². The van der Waals surface area contributed by atoms with Crippen molar-refractivity contribution in [1.29, 1.82) is 0 Å². The number of rotatable bonds is 7. The second-order valence-corrected chi connectivity index (χ2v) is 7.53. The molecule has 1 aliphatic heterocycles. The zero-order chi connectivity index (χ0) is 19.0. The van der Waals surface area contributed by atoms with Crippen LogP contribution in [-0.2, 0) is 0 Å². The van der Waals surface area contributed by atoms with E-state index in [1.807, 2.05) is 6.92 Å². The summed E-state index contributed by atoms with van der Waals surface area (Å²) in [6.45, 7) is 4.44. The summed E-state index contributed by atoms with van der Waals surface area (Å²) in [5, 5.41) is 16.4. The maximum Gasteiger partial charge on any atom is 0.401 e. The maximum atomic E-state index is 12.4. The number of aliphatic imine (C=N–C) groups is 1. The van der Waals surface area contributed by atoms with Crippen molar-refractivity contribution in [3.05, 3.63) is 0 Å². The second kappa shape index (κ2) is 10.3. The van der Waals surface area contributed by atoms with Crippen molar-refractivity contribution < 1.29 is 18.3 Å². The van der Waals surface area contributed by atoms with Gasteiger partial charge in [0.15, 0.2) is 5.96 Å². The SMILES string of the molecule is CCNC(=NCC1CCCC1O)NCCC1CCN(CC(F)(F)F)CC1. The molecule has 3 N–H and O–H groups in total. The largest absolute Gasteiger partial charge is 0.401 e. The Kier molecular flexibility index (Phi) is 8.47. The Labute approximate surface area is 154 Å². The Bertz CT molecular complexity index is 437. The van der Waals surface area contributed by atoms with E-state index in [1.165, 1.54) is 4.90 Å². The lowest BCUT2D eigenvalue weighted by molar-refractivity contribution is -0.148. The molecule has 0 aromatic carbocycles. The van der Waals surface area contributed by atoms with Gasteiger partial charge in [-0.1, -0.05) is 6.42 Å². The smallest absolute Gasteiger partial charge is 0.393 e. The Morgan fingerprint density at radius 2 is 1.88 bits per heavy atom. The molecule has 2 unspecified atom stereocenters. The number of piperidine rings is 1. The van der Waals surface area contributed by atoms with E-state index in [9.17, 15) is 18.3 Å². The minimum Gasteiger partial charge on any atom is -0.393 e. The lowest BCUT2D eigenvalue weighted by Gasteiger charge is -2.32. The first kappa shape index (κ1) is 21.3. The number of aliphatic hydroxyl groups is 1. The fourth-order valence-electron chi connectivity index (χ4n) is 3.86. The molecule has 2 atom stereocenters. The minimum absolute atomic E-state index is 0.233. The van der Waals surface area contributed by atoms with Crippen LogP contribution in [0.3, 0.4) is 0 Å². The summed E-state index contributed by atoms with van der Waals surface area (Å²) in [7, 11) is 0. The summed E-state index contributed by atoms with van der Waals surface area (Å²) < 4.78 is 37.3. The topological polar surface area (TPSA) is 59.9 Å². The summed E-state index contributed by atoms with van der Waals surface area (Å²) in [6.07, 6.45) is 1.22. The minimum atomic E-state index is -4.10. The molecule has 5 nitrogen and oxygen atoms in total. The molecule has 1 heterocycles. The molecule has 0 bridgehead atoms. The van der Waals surface area contributed by atoms with Crippen LogP contribution in [0.15, 0.2) is 4.99 Å². The number of halogens is 3. The van der Waals surface area contributed by atoms with E-state index in [1.54, 1.807) is 0 Å². The van der Waals surface area contributed by atoms with Crippen LogP contribution in [0.2, 0.25) is 0 Å². The Balaban J connectivity index is 1.66. The summed E-state index contributed by atoms with van der Waals surface area (Å²) >= 11 is 0. The summed E-state index contributed by atoms with van der Waals surface area (Å²) in [5.74, 6) is 1.48. The van der Waals surface area contributed by atoms with Gasteiger partial charge in [0.05, 0.1) is 12.6 Å². The Morgan fingerprint density at radius 1 is 1.15 bits per heavy atom. The number of hydrogen-bond donors (Lipinski definition) is 3. The molecule has 0 spiro atoms. The van der Waals surface area contributed by atoms with Gasteiger partial charge in [0.1, 0.15) is 0 Å². The number of hydrogen-bond acceptors (Lipinski definition) is 3. The highest BCUT2D eigenvalue weighted by molar-refractivity contribution is 5.79. The first-order chi connectivity index (χ1) is 12.4. The average molecular weight is 378 g/mol. The quantitative estimate of drug-likeness (QED) is 0.470. The molecule has 2 fully saturated rings. The van der Waals surface area contributed by atoms with Crippen LogP contribution in [0.1, 0.15) is 45.4 Å². The van der Waals surface area contributed by atoms with Gasteiger partial charge >= 0.3 is 6.18 Å². The molecule has 1 saturated heterocycles. The highest BCUT2D eigenvalue weighted by Crippen LogP contribution is 2.26. The fourth-order valence-corrected chi connectivity index (χ4v) is 3.86. The third-order valence-electron chi connectivity index (χ3n) is 5.40. The summed E-state index contributed by atoms with van der Waals surface area (Å²) in [4.78, 5) is 6.08. The van der Waals surface area contributed by atoms with E-state index >= 15 is 0 Å². The monoisotopic (exact) mass is 378 g/mol. The Morgan fingerprint density at radius 3 is 2.46 bits per heavy atom. The predicted molar refractivity (Wildman–Crippen MR) is 97.2 cm³/mol. The van der Waals surface area contributed by atoms with E-state index in [4.69, 9.17) is 0 Å². The van der Waals surface area contributed by atoms with Crippen LogP contribution >= 0.6 is 0 Å². The molecule has 2 rings (SSSR count). The van der Waals surface area contributed by atoms with Crippen LogP contribution in [0, 0.1) is 11.8 Å². The molecule has 152 valence electrons. The van der Waals surface area contributed by atoms with E-state index in [-0.39, 0.29) is 12.0 Å². The van der Waals surface area contributed by atoms with Gasteiger partial charge in [-0.05, 0) is 58.0 Å². The van der Waals surface area contributed by atoms with Gasteiger partial charge < -0.3 is 15.7 Å². The fraction of sp³-hybridized carbons (Fsp3) is 0.944. The normalized spacial score (nSPS) is 26.3. The first-order valence-electron chi connectivity index (χ1n) is 9.86. The maximum absolute atomic E-state index is 12.4. The highest BCUT2D eigenvalue weighted by Gasteiger charge is 2.32. The lowest BCUT2D eigenvalue weighted by Crippen LogP contribution is -2.41. The molecule has 8 heteroatoms. The van der Waals surface area contributed by atoms with Crippen molar-refractivity contribution in [2.24, 2.45) is 16.8 Å². The third kappa shape index (κ3) is 7.70. The van der Waals surface area contributed by atoms with Gasteiger partial charge in [0.25, 0.3) is 0 Å². The molecule has 0 aromatic heterocycles. The molecule has 0 amide bonds. The van der Waals surface area contributed by atoms with Crippen molar-refractivity contribution in [1.82, 2.24) is 15.5 Å². The molecule has 1 aliphatic carbocycles. The predicted octanol–water partition coefficient (Wildman–Crippen LogP) is 2.37. The van der Waals surface area contributed by atoms with Crippen LogP contribution in [0.5, 0.6) is 0 Å². The zero-order valence-electron chi connectivity index (χ0n) is 15.7. The number of guanidine groups is 1. The number of likely N-dealkylation sites (tertiary alicyclic amines) is 1. The lowest BCUT2D eigenvalue weighted by atomic mass is 9.93. The van der Waals surface area contributed by atoms with Crippen molar-refractivity contribution in [2.45, 2.75) is 57.7 Å². The van der Waals surface area contributed by atoms with Crippen molar-refractivity contribution in [3.63, 3.8) is 0 Å². The van der Waals surface area contributed by atoms with Gasteiger partial charge in [-0.2, -0.15) is 13.2 Å². The number of aliphatic hydroxyl groups excluding tert-OH is 1. The van der Waals surface area contributed by atoms with Gasteiger partial charge in [0, 0.05) is 25.6 Å². The third-order valence-corrected chi connectivity index (χ3v) is 5.40. The summed E-state index contributed by atoms with van der Waals surface area (Å²) in [6, 6.07) is 0. The molecule has 2 aliphatic rings. The number of alkyl halides is 3. The molecular formula is C18H33F3N4O. The zero-order valence-corrected chi connectivity index (χ0v) is 15.7. The Hall–Kier alpha value is -1.02. The van der Waals surface area contributed by atoms with E-state index in [0.717, 1.165) is 57.6 Å². The molecule has 0 aromatic rings. The summed E-state index contributed by atoms with van der Waals surface area (Å²) in [5.41, 5.74) is 0. The molecular weight excluding hydrogens is 345 g/mol. The average Bonchev–Trinajstić information content (AvgIpc) is 2.98. The van der Waals surface area contributed by atoms with E-state index in [2.05, 4.69) is 15.6 Å². The van der Waals surface area contributed by atoms with Crippen LogP contribution in [-0.4, -0.2) is 67.5 Å². The van der Waals surface area contributed by atoms with Crippen LogP contribution in [0.4, 0.5) is 13.2 Å². The van der Waals surface area contributed by atoms with Crippen molar-refractivity contribution in [2.75, 3.05) is 39.3 Å². The molecule has 26 heavy (non-hydrogen) atoms. The van der Waals surface area contributed by atoms with E-state index < -0.39 is 12.7 Å². The van der Waals surface area contributed by atoms with Crippen molar-refractivity contribution in [3.8, 4) is 0 Å². The van der Waals surface area contributed by atoms with Gasteiger partial charge in [-0.3, -0.25) is 9.89 Å². The van der Waals surface area contributed by atoms with Gasteiger partial charge in [-0.25, -0.2) is 0 Å². The van der Waals surface area contributed by atoms with Crippen LogP contribution < -0.4 is 10.6 Å². The standard InChI is InChI=1S/C18H33F3N4O/c1-2-22-17(24-12-15-4-3-5-16(15)26)23-9-6-14-7-10-25(11-8-14)13-18(19,20)21/h14-16,26H,2-13H2,1H3,(H2,22,23,24). The highest BCUT2D eigenvalue weighted by atomic mass is 19.4. The van der Waals surface area contributed by atoms with E-state index in [0.29, 0.717) is 25.6 Å². The van der Waals surface area contributed by atoms with Crippen LogP contribution in [0.25, 0.3) is 0 Å². The number of nitrogens with one attached hydrogen (secondary N) is 2. The first-order valence-corrected chi connectivity index (χ1v) is 9.86.